The van der Waals surface area contributed by atoms with Gasteiger partial charge in [0.25, 0.3) is 11.8 Å². The van der Waals surface area contributed by atoms with E-state index in [1.807, 2.05) is 115 Å². The zero-order chi connectivity index (χ0) is 41.5. The molecule has 2 atom stereocenters. The number of nitrogens with one attached hydrogen (secondary N) is 2. The molecule has 0 saturated carbocycles. The number of β-lactam (4-membered cyclic amide) rings is 1. The molecule has 1 saturated heterocycles. The third kappa shape index (κ3) is 7.99. The number of ether oxygens (including phenoxy) is 1. The number of benzene rings is 5. The van der Waals surface area contributed by atoms with E-state index in [-0.39, 0.29) is 22.2 Å². The highest BCUT2D eigenvalue weighted by Crippen LogP contribution is 2.58. The molecule has 3 amide bonds. The van der Waals surface area contributed by atoms with E-state index in [0.717, 1.165) is 44.0 Å². The fourth-order valence-corrected chi connectivity index (χ4v) is 14.1. The lowest BCUT2D eigenvalue weighted by Gasteiger charge is -2.50. The number of thioether (sulfide) groups is 1. The molecule has 14 heteroatoms. The number of hydrogen-bond acceptors (Lipinski definition) is 10. The van der Waals surface area contributed by atoms with Crippen molar-refractivity contribution in [3.8, 4) is 0 Å². The molecular formula is C46H39N5O6PS2+. The molecule has 6 aromatic rings. The molecule has 11 nitrogen and oxygen atoms in total. The van der Waals surface area contributed by atoms with Crippen LogP contribution in [0.1, 0.15) is 22.9 Å². The van der Waals surface area contributed by atoms with E-state index in [9.17, 15) is 14.4 Å². The van der Waals surface area contributed by atoms with E-state index in [0.29, 0.717) is 18.3 Å². The van der Waals surface area contributed by atoms with Gasteiger partial charge in [-0.3, -0.25) is 19.3 Å². The van der Waals surface area contributed by atoms with Gasteiger partial charge in [-0.2, -0.15) is 0 Å². The van der Waals surface area contributed by atoms with Gasteiger partial charge in [0, 0.05) is 16.7 Å². The predicted molar refractivity (Wildman–Crippen MR) is 238 cm³/mol. The van der Waals surface area contributed by atoms with Gasteiger partial charge < -0.3 is 20.2 Å². The summed E-state index contributed by atoms with van der Waals surface area (Å²) in [6, 6.07) is 49.1. The lowest BCUT2D eigenvalue weighted by molar-refractivity contribution is -0.154. The van der Waals surface area contributed by atoms with Crippen LogP contribution in [0.2, 0.25) is 0 Å². The summed E-state index contributed by atoms with van der Waals surface area (Å²) in [7, 11) is -1.24. The molecule has 3 heterocycles. The Hall–Kier alpha value is -6.40. The van der Waals surface area contributed by atoms with Gasteiger partial charge in [-0.15, -0.1) is 23.1 Å². The first-order chi connectivity index (χ1) is 29.4. The average molecular weight is 853 g/mol. The SMILES string of the molecule is CON=C(C(=O)NC1C(=O)N2C(C(=O)OC(c3ccccc3)c3ccccc3)=C(C[P+](c3ccccc3)(c3ccccc3)c3ccccc3)CS[C@@H]12)c1csc(NC=O)n1. The number of esters is 1. The largest absolute Gasteiger partial charge is 0.448 e. The van der Waals surface area contributed by atoms with Crippen LogP contribution < -0.4 is 26.5 Å². The number of rotatable bonds is 15. The van der Waals surface area contributed by atoms with Gasteiger partial charge in [-0.05, 0) is 47.5 Å². The lowest BCUT2D eigenvalue weighted by Crippen LogP contribution is -2.71. The first-order valence-electron chi connectivity index (χ1n) is 19.0. The van der Waals surface area contributed by atoms with Crippen molar-refractivity contribution in [1.82, 2.24) is 15.2 Å². The van der Waals surface area contributed by atoms with Crippen molar-refractivity contribution in [2.75, 3.05) is 24.3 Å². The summed E-state index contributed by atoms with van der Waals surface area (Å²) in [5, 5.41) is 13.7. The topological polar surface area (TPSA) is 139 Å². The van der Waals surface area contributed by atoms with Crippen LogP contribution in [0.5, 0.6) is 0 Å². The van der Waals surface area contributed by atoms with E-state index < -0.39 is 42.6 Å². The molecule has 2 N–H and O–H groups in total. The van der Waals surface area contributed by atoms with E-state index in [1.54, 1.807) is 5.38 Å². The molecule has 0 aliphatic carbocycles. The Bertz CT molecular complexity index is 2410. The maximum Gasteiger partial charge on any atom is 0.356 e. The normalized spacial score (nSPS) is 16.4. The van der Waals surface area contributed by atoms with E-state index >= 15 is 4.79 Å². The summed E-state index contributed by atoms with van der Waals surface area (Å²) in [5.74, 6) is -1.43. The third-order valence-corrected chi connectivity index (χ3v) is 16.8. The van der Waals surface area contributed by atoms with Gasteiger partial charge in [0.1, 0.15) is 53.1 Å². The smallest absolute Gasteiger partial charge is 0.356 e. The molecule has 0 radical (unpaired) electrons. The van der Waals surface area contributed by atoms with Crippen molar-refractivity contribution in [1.29, 1.82) is 0 Å². The standard InChI is InChI=1S/C46H38N5O6PS2/c1-56-50-38(37-29-60-46(48-37)47-30-52)42(53)49-39-43(54)51-40(45(55)57-41(31-17-7-2-8-18-31)32-19-9-3-10-20-32)33(28-59-44(39)51)27-58(34-21-11-4-12-22-34,35-23-13-5-14-24-35)36-25-15-6-16-26-36/h2-26,29-30,39,41,44H,27-28H2,1H3,(H-,47,48,49,52,53)/p+1/t39?,44-/m0/s1. The number of amides is 3. The van der Waals surface area contributed by atoms with Crippen molar-refractivity contribution < 1.29 is 28.8 Å². The summed E-state index contributed by atoms with van der Waals surface area (Å²) in [6.07, 6.45) is 0.161. The van der Waals surface area contributed by atoms with E-state index in [2.05, 4.69) is 57.2 Å². The second kappa shape index (κ2) is 18.3. The van der Waals surface area contributed by atoms with Crippen LogP contribution in [-0.4, -0.2) is 70.2 Å². The zero-order valence-corrected chi connectivity index (χ0v) is 34.8. The van der Waals surface area contributed by atoms with Crippen molar-refractivity contribution >= 4 is 81.3 Å². The minimum absolute atomic E-state index is 0.158. The van der Waals surface area contributed by atoms with E-state index in [1.165, 1.54) is 23.8 Å². The highest BCUT2D eigenvalue weighted by Gasteiger charge is 2.57. The Morgan fingerprint density at radius 2 is 1.35 bits per heavy atom. The van der Waals surface area contributed by atoms with Crippen molar-refractivity contribution in [3.63, 3.8) is 0 Å². The average Bonchev–Trinajstić information content (AvgIpc) is 3.77. The van der Waals surface area contributed by atoms with E-state index in [4.69, 9.17) is 9.57 Å². The summed E-state index contributed by atoms with van der Waals surface area (Å²) in [6.45, 7) is 0. The molecule has 0 spiro atoms. The van der Waals surface area contributed by atoms with Crippen LogP contribution in [0.4, 0.5) is 5.13 Å². The summed E-state index contributed by atoms with van der Waals surface area (Å²) < 4.78 is 6.54. The number of fused-ring (bicyclic) bond motifs is 1. The van der Waals surface area contributed by atoms with Gasteiger partial charge in [0.05, 0.1) is 6.16 Å². The Balaban J connectivity index is 1.22. The van der Waals surface area contributed by atoms with Crippen LogP contribution in [0.3, 0.4) is 0 Å². The molecule has 60 heavy (non-hydrogen) atoms. The number of oxime groups is 1. The van der Waals surface area contributed by atoms with Gasteiger partial charge >= 0.3 is 5.97 Å². The Morgan fingerprint density at radius 1 is 0.833 bits per heavy atom. The lowest BCUT2D eigenvalue weighted by atomic mass is 10.0. The fraction of sp³-hybridized carbons (Fsp3) is 0.130. The highest BCUT2D eigenvalue weighted by molar-refractivity contribution is 8.00. The molecule has 8 rings (SSSR count). The first-order valence-corrected chi connectivity index (χ1v) is 22.9. The van der Waals surface area contributed by atoms with Crippen LogP contribution >= 0.6 is 30.4 Å². The van der Waals surface area contributed by atoms with Crippen LogP contribution in [0.25, 0.3) is 0 Å². The first kappa shape index (κ1) is 40.4. The van der Waals surface area contributed by atoms with Crippen LogP contribution in [0, 0.1) is 0 Å². The third-order valence-electron chi connectivity index (χ3n) is 10.3. The number of thiazole rings is 1. The maximum absolute atomic E-state index is 15.1. The van der Waals surface area contributed by atoms with Crippen LogP contribution in [-0.2, 0) is 28.8 Å². The molecule has 2 aliphatic heterocycles. The molecule has 1 aromatic heterocycles. The minimum atomic E-state index is -2.54. The maximum atomic E-state index is 15.1. The number of hydrogen-bond donors (Lipinski definition) is 2. The Kier molecular flexibility index (Phi) is 12.3. The highest BCUT2D eigenvalue weighted by atomic mass is 32.2. The van der Waals surface area contributed by atoms with Crippen molar-refractivity contribution in [2.45, 2.75) is 17.5 Å². The van der Waals surface area contributed by atoms with Crippen molar-refractivity contribution in [3.05, 3.63) is 185 Å². The minimum Gasteiger partial charge on any atom is -0.448 e. The summed E-state index contributed by atoms with van der Waals surface area (Å²) in [5.41, 5.74) is 2.48. The molecule has 1 unspecified atom stereocenters. The molecule has 300 valence electrons. The number of carbonyl (C=O) groups excluding carboxylic acids is 4. The van der Waals surface area contributed by atoms with Gasteiger partial charge in [0.15, 0.2) is 16.9 Å². The summed E-state index contributed by atoms with van der Waals surface area (Å²) >= 11 is 2.58. The number of carbonyl (C=O) groups is 4. The van der Waals surface area contributed by atoms with Gasteiger partial charge in [-0.1, -0.05) is 120 Å². The molecule has 1 fully saturated rings. The second-order valence-electron chi connectivity index (χ2n) is 13.8. The van der Waals surface area contributed by atoms with Crippen molar-refractivity contribution in [2.24, 2.45) is 5.16 Å². The quantitative estimate of drug-likeness (QED) is 0.0319. The number of aromatic nitrogens is 1. The molecular weight excluding hydrogens is 814 g/mol. The second-order valence-corrected chi connectivity index (χ2v) is 19.3. The summed E-state index contributed by atoms with van der Waals surface area (Å²) in [4.78, 5) is 65.2. The number of nitrogens with zero attached hydrogens (tertiary/aromatic N) is 3. The molecule has 5 aromatic carbocycles. The monoisotopic (exact) mass is 852 g/mol. The molecule has 2 aliphatic rings. The Morgan fingerprint density at radius 3 is 1.85 bits per heavy atom. The number of anilines is 1. The predicted octanol–water partition coefficient (Wildman–Crippen LogP) is 6.04. The fourth-order valence-electron chi connectivity index (χ4n) is 7.60. The Labute approximate surface area is 355 Å². The van der Waals surface area contributed by atoms with Crippen LogP contribution in [0.15, 0.2) is 173 Å². The van der Waals surface area contributed by atoms with Gasteiger partial charge in [-0.25, -0.2) is 9.78 Å². The van der Waals surface area contributed by atoms with Gasteiger partial charge in [0.2, 0.25) is 6.41 Å². The molecule has 0 bridgehead atoms. The zero-order valence-electron chi connectivity index (χ0n) is 32.3.